The van der Waals surface area contributed by atoms with Gasteiger partial charge in [-0.05, 0) is 37.8 Å². The first-order valence-electron chi connectivity index (χ1n) is 10.1. The fourth-order valence-corrected chi connectivity index (χ4v) is 5.22. The molecule has 3 rings (SSSR count). The predicted octanol–water partition coefficient (Wildman–Crippen LogP) is 2.74. The van der Waals surface area contributed by atoms with E-state index < -0.39 is 34.3 Å². The number of piperidine rings is 1. The van der Waals surface area contributed by atoms with E-state index in [1.165, 1.54) is 6.26 Å². The third kappa shape index (κ3) is 9.97. The van der Waals surface area contributed by atoms with Crippen LogP contribution in [0.3, 0.4) is 0 Å². The number of sulfonamides is 1. The first-order chi connectivity index (χ1) is 15.9. The minimum absolute atomic E-state index is 0.117. The molecule has 1 aromatic rings. The summed E-state index contributed by atoms with van der Waals surface area (Å²) in [5.41, 5.74) is 0.966. The third-order valence-corrected chi connectivity index (χ3v) is 6.69. The maximum absolute atomic E-state index is 12.0. The largest absolute Gasteiger partial charge is 0.490 e. The monoisotopic (exact) mass is 537 g/mol. The number of nitrogens with zero attached hydrogens (tertiary/aromatic N) is 3. The highest BCUT2D eigenvalue weighted by molar-refractivity contribution is 7.88. The molecule has 2 fully saturated rings. The van der Waals surface area contributed by atoms with E-state index in [4.69, 9.17) is 19.8 Å². The third-order valence-electron chi connectivity index (χ3n) is 5.32. The summed E-state index contributed by atoms with van der Waals surface area (Å²) in [6.45, 7) is 3.44. The second-order valence-electron chi connectivity index (χ2n) is 7.87. The normalized spacial score (nSPS) is 18.7. The molecule has 35 heavy (non-hydrogen) atoms. The van der Waals surface area contributed by atoms with Crippen LogP contribution in [0.1, 0.15) is 31.4 Å². The highest BCUT2D eigenvalue weighted by atomic mass is 32.2. The predicted molar refractivity (Wildman–Crippen MR) is 110 cm³/mol. The van der Waals surface area contributed by atoms with Crippen molar-refractivity contribution in [1.29, 1.82) is 0 Å². The van der Waals surface area contributed by atoms with Gasteiger partial charge in [0.25, 0.3) is 0 Å². The molecule has 200 valence electrons. The van der Waals surface area contributed by atoms with E-state index >= 15 is 0 Å². The van der Waals surface area contributed by atoms with E-state index in [0.717, 1.165) is 51.0 Å². The van der Waals surface area contributed by atoms with Gasteiger partial charge in [-0.25, -0.2) is 18.0 Å². The second-order valence-corrected chi connectivity index (χ2v) is 9.77. The summed E-state index contributed by atoms with van der Waals surface area (Å²) in [6.07, 6.45) is -3.12. The quantitative estimate of drug-likeness (QED) is 0.564. The van der Waals surface area contributed by atoms with E-state index in [2.05, 4.69) is 9.88 Å². The van der Waals surface area contributed by atoms with Crippen molar-refractivity contribution in [2.75, 3.05) is 25.9 Å². The van der Waals surface area contributed by atoms with Crippen LogP contribution >= 0.6 is 0 Å². The lowest BCUT2D eigenvalue weighted by atomic mass is 9.86. The van der Waals surface area contributed by atoms with Crippen LogP contribution in [0.15, 0.2) is 24.4 Å². The summed E-state index contributed by atoms with van der Waals surface area (Å²) in [5, 5.41) is 14.2. The molecule has 3 heterocycles. The molecule has 0 atom stereocenters. The Kier molecular flexibility index (Phi) is 10.5. The molecule has 0 aromatic carbocycles. The minimum Gasteiger partial charge on any atom is -0.475 e. The minimum atomic E-state index is -5.08. The Morgan fingerprint density at radius 2 is 1.46 bits per heavy atom. The maximum Gasteiger partial charge on any atom is 0.490 e. The topological polar surface area (TPSA) is 128 Å². The molecular weight excluding hydrogens is 512 g/mol. The Bertz CT molecular complexity index is 924. The molecule has 2 N–H and O–H groups in total. The summed E-state index contributed by atoms with van der Waals surface area (Å²) in [4.78, 5) is 24.5. The van der Waals surface area contributed by atoms with E-state index in [1.807, 2.05) is 24.4 Å². The van der Waals surface area contributed by atoms with Crippen LogP contribution in [0.2, 0.25) is 0 Å². The molecule has 0 saturated carbocycles. The van der Waals surface area contributed by atoms with Gasteiger partial charge >= 0.3 is 24.3 Å². The van der Waals surface area contributed by atoms with Crippen molar-refractivity contribution in [3.63, 3.8) is 0 Å². The molecule has 9 nitrogen and oxygen atoms in total. The van der Waals surface area contributed by atoms with Crippen molar-refractivity contribution in [3.8, 4) is 0 Å². The smallest absolute Gasteiger partial charge is 0.475 e. The van der Waals surface area contributed by atoms with Gasteiger partial charge in [-0.15, -0.1) is 0 Å². The zero-order chi connectivity index (χ0) is 27.1. The first kappa shape index (κ1) is 30.6. The average molecular weight is 537 g/mol. The fourth-order valence-electron chi connectivity index (χ4n) is 3.78. The van der Waals surface area contributed by atoms with Crippen molar-refractivity contribution < 1.29 is 54.6 Å². The van der Waals surface area contributed by atoms with Gasteiger partial charge in [-0.1, -0.05) is 6.07 Å². The molecule has 0 bridgehead atoms. The van der Waals surface area contributed by atoms with Crippen molar-refractivity contribution in [3.05, 3.63) is 30.1 Å². The van der Waals surface area contributed by atoms with Crippen LogP contribution in [0.5, 0.6) is 0 Å². The van der Waals surface area contributed by atoms with Crippen LogP contribution in [0.25, 0.3) is 0 Å². The van der Waals surface area contributed by atoms with Gasteiger partial charge in [0.05, 0.1) is 11.9 Å². The number of aromatic nitrogens is 1. The van der Waals surface area contributed by atoms with Crippen LogP contribution < -0.4 is 0 Å². The van der Waals surface area contributed by atoms with E-state index in [9.17, 15) is 34.8 Å². The number of likely N-dealkylation sites (tertiary alicyclic amines) is 1. The zero-order valence-electron chi connectivity index (χ0n) is 18.5. The number of hydrogen-bond acceptors (Lipinski definition) is 6. The van der Waals surface area contributed by atoms with Crippen molar-refractivity contribution in [2.45, 2.75) is 50.1 Å². The van der Waals surface area contributed by atoms with Gasteiger partial charge in [-0.3, -0.25) is 9.88 Å². The maximum atomic E-state index is 12.0. The molecule has 0 radical (unpaired) electrons. The van der Waals surface area contributed by atoms with Gasteiger partial charge in [0.15, 0.2) is 0 Å². The Balaban J connectivity index is 0.000000362. The van der Waals surface area contributed by atoms with Crippen LogP contribution in [-0.4, -0.2) is 88.5 Å². The van der Waals surface area contributed by atoms with Crippen LogP contribution in [0.4, 0.5) is 26.3 Å². The molecule has 2 saturated heterocycles. The van der Waals surface area contributed by atoms with Crippen molar-refractivity contribution in [2.24, 2.45) is 0 Å². The summed E-state index contributed by atoms with van der Waals surface area (Å²) < 4.78 is 89.2. The highest BCUT2D eigenvalue weighted by Gasteiger charge is 2.47. The number of carbonyl (C=O) groups is 2. The SMILES string of the molecule is CS(=O)(=O)N1CCCC12CCN(Cc1ccccn1)CC2.O=C(O)C(F)(F)F.O=C(O)C(F)(F)F. The summed E-state index contributed by atoms with van der Waals surface area (Å²) in [5.74, 6) is -5.51. The summed E-state index contributed by atoms with van der Waals surface area (Å²) in [6, 6.07) is 5.98. The Morgan fingerprint density at radius 1 is 0.971 bits per heavy atom. The van der Waals surface area contributed by atoms with E-state index in [-0.39, 0.29) is 5.54 Å². The molecule has 1 spiro atoms. The lowest BCUT2D eigenvalue weighted by molar-refractivity contribution is -0.193. The Labute approximate surface area is 197 Å². The molecule has 2 aliphatic heterocycles. The van der Waals surface area contributed by atoms with Gasteiger partial charge in [0.2, 0.25) is 10.0 Å². The molecule has 2 aliphatic rings. The Morgan fingerprint density at radius 3 is 1.83 bits per heavy atom. The number of alkyl halides is 6. The lowest BCUT2D eigenvalue weighted by Gasteiger charge is -2.43. The number of halogens is 6. The van der Waals surface area contributed by atoms with Gasteiger partial charge < -0.3 is 10.2 Å². The number of carboxylic acids is 2. The highest BCUT2D eigenvalue weighted by Crippen LogP contribution is 2.40. The average Bonchev–Trinajstić information content (AvgIpc) is 3.14. The second kappa shape index (κ2) is 12.0. The van der Waals surface area contributed by atoms with Crippen LogP contribution in [0, 0.1) is 0 Å². The van der Waals surface area contributed by atoms with E-state index in [0.29, 0.717) is 6.54 Å². The number of hydrogen-bond donors (Lipinski definition) is 2. The number of aliphatic carboxylic acids is 2. The lowest BCUT2D eigenvalue weighted by Crippen LogP contribution is -2.53. The van der Waals surface area contributed by atoms with Crippen molar-refractivity contribution in [1.82, 2.24) is 14.2 Å². The zero-order valence-corrected chi connectivity index (χ0v) is 19.3. The van der Waals surface area contributed by atoms with Crippen molar-refractivity contribution >= 4 is 22.0 Å². The number of carboxylic acid groups (broad SMARTS) is 2. The molecule has 0 unspecified atom stereocenters. The summed E-state index contributed by atoms with van der Waals surface area (Å²) in [7, 11) is -3.08. The Hall–Kier alpha value is -2.46. The van der Waals surface area contributed by atoms with E-state index in [1.54, 1.807) is 4.31 Å². The number of rotatable bonds is 3. The molecule has 16 heteroatoms. The molecule has 1 aromatic heterocycles. The van der Waals surface area contributed by atoms with Gasteiger partial charge in [-0.2, -0.15) is 30.6 Å². The molecule has 0 aliphatic carbocycles. The van der Waals surface area contributed by atoms with Gasteiger partial charge in [0.1, 0.15) is 0 Å². The summed E-state index contributed by atoms with van der Waals surface area (Å²) >= 11 is 0. The first-order valence-corrected chi connectivity index (χ1v) is 11.9. The number of pyridine rings is 1. The fraction of sp³-hybridized carbons (Fsp3) is 0.632. The molecular formula is C19H25F6N3O6S. The van der Waals surface area contributed by atoms with Gasteiger partial charge in [0, 0.05) is 37.9 Å². The standard InChI is InChI=1S/C15H23N3O2S.2C2HF3O2/c1-21(19,20)18-10-4-6-15(18)7-11-17(12-8-15)13-14-5-2-3-9-16-14;2*3-2(4,5)1(6)7/h2-3,5,9H,4,6-8,10-13H2,1H3;2*(H,6,7). The molecule has 0 amide bonds. The van der Waals surface area contributed by atoms with Crippen LogP contribution in [-0.2, 0) is 26.2 Å².